The van der Waals surface area contributed by atoms with E-state index < -0.39 is 10.5 Å². The van der Waals surface area contributed by atoms with Crippen LogP contribution in [0, 0.1) is 16.0 Å². The molecule has 112 valence electrons. The van der Waals surface area contributed by atoms with Crippen molar-refractivity contribution in [2.75, 3.05) is 11.9 Å². The molecule has 1 aromatic carbocycles. The Kier molecular flexibility index (Phi) is 5.77. The first-order valence-electron chi connectivity index (χ1n) is 6.61. The Morgan fingerprint density at radius 2 is 2.15 bits per heavy atom. The lowest BCUT2D eigenvalue weighted by molar-refractivity contribution is -0.384. The molecule has 1 atom stereocenters. The van der Waals surface area contributed by atoms with Crippen molar-refractivity contribution < 1.29 is 10.0 Å². The summed E-state index contributed by atoms with van der Waals surface area (Å²) in [6.45, 7) is 6.33. The standard InChI is InChI=1S/C14H21ClN2O3/c1-10(2)6-7-14(3,18)9-16-13-5-4-11(17(19)20)8-12(13)15/h4-5,8,10,16,18H,6-7,9H2,1-3H3. The van der Waals surface area contributed by atoms with Crippen LogP contribution in [0.3, 0.4) is 0 Å². The van der Waals surface area contributed by atoms with Crippen LogP contribution in [0.2, 0.25) is 5.02 Å². The van der Waals surface area contributed by atoms with Gasteiger partial charge in [-0.1, -0.05) is 25.4 Å². The van der Waals surface area contributed by atoms with Gasteiger partial charge in [-0.15, -0.1) is 0 Å². The average molecular weight is 301 g/mol. The van der Waals surface area contributed by atoms with Crippen LogP contribution in [0.5, 0.6) is 0 Å². The number of nitro groups is 1. The summed E-state index contributed by atoms with van der Waals surface area (Å²) in [7, 11) is 0. The normalized spacial score (nSPS) is 14.1. The van der Waals surface area contributed by atoms with E-state index in [0.717, 1.165) is 6.42 Å². The van der Waals surface area contributed by atoms with Crippen LogP contribution < -0.4 is 5.32 Å². The number of hydrogen-bond acceptors (Lipinski definition) is 4. The van der Waals surface area contributed by atoms with Crippen molar-refractivity contribution in [3.63, 3.8) is 0 Å². The molecule has 5 nitrogen and oxygen atoms in total. The van der Waals surface area contributed by atoms with Crippen LogP contribution in [0.4, 0.5) is 11.4 Å². The summed E-state index contributed by atoms with van der Waals surface area (Å²) in [6.07, 6.45) is 1.62. The Hall–Kier alpha value is -1.33. The maximum Gasteiger partial charge on any atom is 0.271 e. The van der Waals surface area contributed by atoms with E-state index in [1.165, 1.54) is 12.1 Å². The van der Waals surface area contributed by atoms with Crippen LogP contribution in [0.25, 0.3) is 0 Å². The second-order valence-electron chi connectivity index (χ2n) is 5.70. The summed E-state index contributed by atoms with van der Waals surface area (Å²) in [5.41, 5.74) is -0.302. The maximum absolute atomic E-state index is 10.6. The number of rotatable bonds is 7. The molecule has 6 heteroatoms. The molecule has 0 saturated carbocycles. The third-order valence-electron chi connectivity index (χ3n) is 3.08. The largest absolute Gasteiger partial charge is 0.388 e. The minimum Gasteiger partial charge on any atom is -0.388 e. The van der Waals surface area contributed by atoms with Gasteiger partial charge in [-0.25, -0.2) is 0 Å². The Morgan fingerprint density at radius 3 is 2.65 bits per heavy atom. The van der Waals surface area contributed by atoms with E-state index in [-0.39, 0.29) is 10.7 Å². The molecule has 20 heavy (non-hydrogen) atoms. The smallest absolute Gasteiger partial charge is 0.271 e. The lowest BCUT2D eigenvalue weighted by atomic mass is 9.95. The molecule has 0 spiro atoms. The predicted molar refractivity (Wildman–Crippen MR) is 81.3 cm³/mol. The second-order valence-corrected chi connectivity index (χ2v) is 6.11. The van der Waals surface area contributed by atoms with Gasteiger partial charge in [0.2, 0.25) is 0 Å². The number of hydrogen-bond donors (Lipinski definition) is 2. The number of nitrogens with one attached hydrogen (secondary N) is 1. The Morgan fingerprint density at radius 1 is 1.50 bits per heavy atom. The molecule has 1 rings (SSSR count). The van der Waals surface area contributed by atoms with Gasteiger partial charge in [0.25, 0.3) is 5.69 Å². The SMILES string of the molecule is CC(C)CCC(C)(O)CNc1ccc([N+](=O)[O-])cc1Cl. The number of nitro benzene ring substituents is 1. The molecule has 1 aromatic rings. The molecule has 0 aliphatic rings. The number of aliphatic hydroxyl groups is 1. The average Bonchev–Trinajstić information content (AvgIpc) is 2.35. The molecular formula is C14H21ClN2O3. The minimum atomic E-state index is -0.838. The van der Waals surface area contributed by atoms with Gasteiger partial charge in [-0.2, -0.15) is 0 Å². The summed E-state index contributed by atoms with van der Waals surface area (Å²) in [5.74, 6) is 0.532. The fourth-order valence-corrected chi connectivity index (χ4v) is 1.98. The highest BCUT2D eigenvalue weighted by molar-refractivity contribution is 6.33. The van der Waals surface area contributed by atoms with Crippen LogP contribution in [-0.2, 0) is 0 Å². The van der Waals surface area contributed by atoms with Crippen LogP contribution in [0.1, 0.15) is 33.6 Å². The first kappa shape index (κ1) is 16.7. The van der Waals surface area contributed by atoms with E-state index in [1.54, 1.807) is 13.0 Å². The van der Waals surface area contributed by atoms with E-state index >= 15 is 0 Å². The van der Waals surface area contributed by atoms with Gasteiger partial charge in [-0.05, 0) is 31.7 Å². The zero-order chi connectivity index (χ0) is 15.3. The third-order valence-corrected chi connectivity index (χ3v) is 3.40. The van der Waals surface area contributed by atoms with Gasteiger partial charge in [-0.3, -0.25) is 10.1 Å². The molecule has 0 saturated heterocycles. The zero-order valence-corrected chi connectivity index (χ0v) is 12.8. The highest BCUT2D eigenvalue weighted by Gasteiger charge is 2.21. The van der Waals surface area contributed by atoms with Crippen molar-refractivity contribution in [2.24, 2.45) is 5.92 Å². The quantitative estimate of drug-likeness (QED) is 0.592. The van der Waals surface area contributed by atoms with Gasteiger partial charge in [0.15, 0.2) is 0 Å². The molecule has 0 aromatic heterocycles. The molecule has 0 aliphatic heterocycles. The van der Waals surface area contributed by atoms with E-state index in [9.17, 15) is 15.2 Å². The van der Waals surface area contributed by atoms with E-state index in [1.807, 2.05) is 0 Å². The first-order chi connectivity index (χ1) is 9.21. The molecule has 0 fully saturated rings. The van der Waals surface area contributed by atoms with Crippen LogP contribution in [-0.4, -0.2) is 22.2 Å². The summed E-state index contributed by atoms with van der Waals surface area (Å²) >= 11 is 5.98. The fourth-order valence-electron chi connectivity index (χ4n) is 1.73. The molecular weight excluding hydrogens is 280 g/mol. The number of benzene rings is 1. The third kappa shape index (κ3) is 5.35. The molecule has 0 amide bonds. The monoisotopic (exact) mass is 300 g/mol. The number of halogens is 1. The van der Waals surface area contributed by atoms with Gasteiger partial charge in [0.05, 0.1) is 21.2 Å². The lowest BCUT2D eigenvalue weighted by Crippen LogP contribution is -2.33. The summed E-state index contributed by atoms with van der Waals surface area (Å²) in [4.78, 5) is 10.1. The minimum absolute atomic E-state index is 0.0490. The van der Waals surface area contributed by atoms with Crippen molar-refractivity contribution in [1.82, 2.24) is 0 Å². The summed E-state index contributed by atoms with van der Waals surface area (Å²) in [6, 6.07) is 4.24. The van der Waals surface area contributed by atoms with Gasteiger partial charge < -0.3 is 10.4 Å². The maximum atomic E-state index is 10.6. The zero-order valence-electron chi connectivity index (χ0n) is 12.0. The number of anilines is 1. The summed E-state index contributed by atoms with van der Waals surface area (Å²) < 4.78 is 0. The summed E-state index contributed by atoms with van der Waals surface area (Å²) in [5, 5.41) is 24.2. The first-order valence-corrected chi connectivity index (χ1v) is 6.99. The fraction of sp³-hybridized carbons (Fsp3) is 0.571. The molecule has 0 radical (unpaired) electrons. The van der Waals surface area contributed by atoms with Crippen LogP contribution in [0.15, 0.2) is 18.2 Å². The van der Waals surface area contributed by atoms with Gasteiger partial charge >= 0.3 is 0 Å². The van der Waals surface area contributed by atoms with E-state index in [4.69, 9.17) is 11.6 Å². The molecule has 0 heterocycles. The molecule has 0 aliphatic carbocycles. The second kappa shape index (κ2) is 6.90. The van der Waals surface area contributed by atoms with Crippen molar-refractivity contribution >= 4 is 23.0 Å². The van der Waals surface area contributed by atoms with Crippen molar-refractivity contribution in [2.45, 2.75) is 39.2 Å². The van der Waals surface area contributed by atoms with Crippen molar-refractivity contribution in [1.29, 1.82) is 0 Å². The Balaban J connectivity index is 2.63. The van der Waals surface area contributed by atoms with Crippen molar-refractivity contribution in [3.05, 3.63) is 33.3 Å². The van der Waals surface area contributed by atoms with E-state index in [2.05, 4.69) is 19.2 Å². The number of nitrogens with zero attached hydrogens (tertiary/aromatic N) is 1. The Labute approximate surface area is 124 Å². The Bertz CT molecular complexity index is 475. The van der Waals surface area contributed by atoms with E-state index in [0.29, 0.717) is 24.6 Å². The highest BCUT2D eigenvalue weighted by Crippen LogP contribution is 2.27. The van der Waals surface area contributed by atoms with Crippen LogP contribution >= 0.6 is 11.6 Å². The topological polar surface area (TPSA) is 75.4 Å². The van der Waals surface area contributed by atoms with Gasteiger partial charge in [0, 0.05) is 18.7 Å². The molecule has 1 unspecified atom stereocenters. The van der Waals surface area contributed by atoms with Gasteiger partial charge in [0.1, 0.15) is 0 Å². The molecule has 2 N–H and O–H groups in total. The van der Waals surface area contributed by atoms with Crippen molar-refractivity contribution in [3.8, 4) is 0 Å². The predicted octanol–water partition coefficient (Wildman–Crippen LogP) is 3.85. The lowest BCUT2D eigenvalue weighted by Gasteiger charge is -2.25. The number of non-ortho nitro benzene ring substituents is 1. The molecule has 0 bridgehead atoms. The highest BCUT2D eigenvalue weighted by atomic mass is 35.5.